The van der Waals surface area contributed by atoms with Crippen molar-refractivity contribution in [3.8, 4) is 5.75 Å². The number of hydrogen-bond donors (Lipinski definition) is 1. The first-order chi connectivity index (χ1) is 14.9. The van der Waals surface area contributed by atoms with Crippen LogP contribution in [0.3, 0.4) is 0 Å². The highest BCUT2D eigenvalue weighted by Crippen LogP contribution is 2.40. The molecule has 31 heavy (non-hydrogen) atoms. The lowest BCUT2D eigenvalue weighted by molar-refractivity contribution is -0.103. The highest BCUT2D eigenvalue weighted by molar-refractivity contribution is 6.14. The molecule has 4 rings (SSSR count). The smallest absolute Gasteiger partial charge is 0.358 e. The van der Waals surface area contributed by atoms with Crippen molar-refractivity contribution in [3.05, 3.63) is 70.7 Å². The predicted molar refractivity (Wildman–Crippen MR) is 112 cm³/mol. The molecule has 0 aliphatic carbocycles. The largest absolute Gasteiger partial charge is 0.505 e. The fraction of sp³-hybridized carbons (Fsp3) is 0.261. The number of phenols is 1. The number of nitrogens with zero attached hydrogens (tertiary/aromatic N) is 3. The number of amides is 1. The molecule has 1 amide bonds. The van der Waals surface area contributed by atoms with Crippen molar-refractivity contribution in [2.24, 2.45) is 0 Å². The number of carbonyl (C=O) groups excluding carboxylic acids is 2. The lowest BCUT2D eigenvalue weighted by atomic mass is 9.97. The van der Waals surface area contributed by atoms with Crippen LogP contribution in [0, 0.1) is 5.82 Å². The molecule has 0 bridgehead atoms. The monoisotopic (exact) mass is 423 g/mol. The van der Waals surface area contributed by atoms with Gasteiger partial charge < -0.3 is 14.8 Å². The Hall–Kier alpha value is -3.52. The SMILES string of the molecule is CCN(CC)OC(=O)c1c2c(c(O)c3ncccc13)C(=O)N(Cc1ccc(F)cc1)C2. The first kappa shape index (κ1) is 20.7. The van der Waals surface area contributed by atoms with Crippen LogP contribution in [0.4, 0.5) is 4.39 Å². The Morgan fingerprint density at radius 3 is 2.61 bits per heavy atom. The molecule has 0 unspecified atom stereocenters. The van der Waals surface area contributed by atoms with Gasteiger partial charge in [-0.3, -0.25) is 9.78 Å². The summed E-state index contributed by atoms with van der Waals surface area (Å²) in [6, 6.07) is 9.18. The van der Waals surface area contributed by atoms with E-state index in [1.807, 2.05) is 13.8 Å². The average molecular weight is 423 g/mol. The molecule has 2 heterocycles. The van der Waals surface area contributed by atoms with Crippen molar-refractivity contribution in [2.75, 3.05) is 13.1 Å². The summed E-state index contributed by atoms with van der Waals surface area (Å²) in [5.74, 6) is -1.64. The molecule has 7 nitrogen and oxygen atoms in total. The number of rotatable bonds is 6. The molecule has 1 aliphatic heterocycles. The van der Waals surface area contributed by atoms with E-state index >= 15 is 0 Å². The number of fused-ring (bicyclic) bond motifs is 2. The van der Waals surface area contributed by atoms with Crippen molar-refractivity contribution in [3.63, 3.8) is 0 Å². The van der Waals surface area contributed by atoms with E-state index in [9.17, 15) is 19.1 Å². The van der Waals surface area contributed by atoms with Crippen LogP contribution in [0.5, 0.6) is 5.75 Å². The number of phenolic OH excluding ortho intramolecular Hbond substituents is 1. The van der Waals surface area contributed by atoms with Gasteiger partial charge in [-0.25, -0.2) is 9.18 Å². The minimum Gasteiger partial charge on any atom is -0.505 e. The second-order valence-corrected chi connectivity index (χ2v) is 7.26. The van der Waals surface area contributed by atoms with Crippen LogP contribution < -0.4 is 0 Å². The van der Waals surface area contributed by atoms with Gasteiger partial charge in [0, 0.05) is 43.3 Å². The molecule has 0 radical (unpaired) electrons. The van der Waals surface area contributed by atoms with E-state index in [2.05, 4.69) is 4.98 Å². The number of pyridine rings is 1. The lowest BCUT2D eigenvalue weighted by Gasteiger charge is -2.19. The van der Waals surface area contributed by atoms with Crippen LogP contribution in [0.15, 0.2) is 42.6 Å². The molecule has 0 fully saturated rings. The summed E-state index contributed by atoms with van der Waals surface area (Å²) in [6.07, 6.45) is 1.49. The van der Waals surface area contributed by atoms with Gasteiger partial charge in [-0.05, 0) is 37.6 Å². The summed E-state index contributed by atoms with van der Waals surface area (Å²) in [6.45, 7) is 5.08. The quantitative estimate of drug-likeness (QED) is 0.610. The van der Waals surface area contributed by atoms with Crippen molar-refractivity contribution >= 4 is 22.8 Å². The topological polar surface area (TPSA) is 83.0 Å². The molecule has 2 aromatic carbocycles. The zero-order valence-corrected chi connectivity index (χ0v) is 17.3. The zero-order chi connectivity index (χ0) is 22.1. The number of hydroxylamine groups is 2. The third kappa shape index (κ3) is 3.70. The molecule has 8 heteroatoms. The summed E-state index contributed by atoms with van der Waals surface area (Å²) in [4.78, 5) is 37.5. The van der Waals surface area contributed by atoms with Crippen molar-refractivity contribution in [1.82, 2.24) is 14.9 Å². The maximum Gasteiger partial charge on any atom is 0.358 e. The highest BCUT2D eigenvalue weighted by atomic mass is 19.1. The van der Waals surface area contributed by atoms with Gasteiger partial charge in [-0.2, -0.15) is 0 Å². The summed E-state index contributed by atoms with van der Waals surface area (Å²) in [7, 11) is 0. The lowest BCUT2D eigenvalue weighted by Crippen LogP contribution is -2.27. The molecule has 1 aromatic heterocycles. The Morgan fingerprint density at radius 2 is 1.94 bits per heavy atom. The molecule has 160 valence electrons. The van der Waals surface area contributed by atoms with E-state index in [-0.39, 0.29) is 41.3 Å². The molecular formula is C23H22FN3O4. The zero-order valence-electron chi connectivity index (χ0n) is 17.3. The Morgan fingerprint density at radius 1 is 1.23 bits per heavy atom. The third-order valence-electron chi connectivity index (χ3n) is 5.40. The van der Waals surface area contributed by atoms with Gasteiger partial charge in [0.25, 0.3) is 5.91 Å². The van der Waals surface area contributed by atoms with Crippen molar-refractivity contribution in [2.45, 2.75) is 26.9 Å². The second-order valence-electron chi connectivity index (χ2n) is 7.26. The predicted octanol–water partition coefficient (Wildman–Crippen LogP) is 3.65. The van der Waals surface area contributed by atoms with E-state index in [0.717, 1.165) is 5.56 Å². The Kier molecular flexibility index (Phi) is 5.56. The number of aromatic nitrogens is 1. The minimum absolute atomic E-state index is 0.0554. The van der Waals surface area contributed by atoms with E-state index in [0.29, 0.717) is 24.0 Å². The van der Waals surface area contributed by atoms with Crippen LogP contribution in [0.25, 0.3) is 10.9 Å². The third-order valence-corrected chi connectivity index (χ3v) is 5.40. The average Bonchev–Trinajstić information content (AvgIpc) is 3.09. The van der Waals surface area contributed by atoms with Gasteiger partial charge in [-0.1, -0.05) is 18.2 Å². The maximum atomic E-state index is 13.2. The molecule has 3 aromatic rings. The van der Waals surface area contributed by atoms with Gasteiger partial charge in [0.1, 0.15) is 11.3 Å². The Labute approximate surface area is 178 Å². The normalized spacial score (nSPS) is 13.2. The number of aromatic hydroxyl groups is 1. The number of benzene rings is 2. The second kappa shape index (κ2) is 8.31. The number of carbonyl (C=O) groups is 2. The fourth-order valence-electron chi connectivity index (χ4n) is 3.84. The summed E-state index contributed by atoms with van der Waals surface area (Å²) in [5.41, 5.74) is 1.58. The highest BCUT2D eigenvalue weighted by Gasteiger charge is 2.37. The van der Waals surface area contributed by atoms with Gasteiger partial charge in [0.15, 0.2) is 5.75 Å². The summed E-state index contributed by atoms with van der Waals surface area (Å²) in [5, 5.41) is 12.8. The van der Waals surface area contributed by atoms with E-state index < -0.39 is 11.9 Å². The van der Waals surface area contributed by atoms with Gasteiger partial charge in [0.2, 0.25) is 0 Å². The number of hydrogen-bond acceptors (Lipinski definition) is 6. The van der Waals surface area contributed by atoms with E-state index in [1.165, 1.54) is 28.3 Å². The fourth-order valence-corrected chi connectivity index (χ4v) is 3.84. The van der Waals surface area contributed by atoms with Gasteiger partial charge >= 0.3 is 5.97 Å². The molecular weight excluding hydrogens is 401 g/mol. The van der Waals surface area contributed by atoms with Gasteiger partial charge in [-0.15, -0.1) is 5.06 Å². The molecule has 1 aliphatic rings. The van der Waals surface area contributed by atoms with Crippen molar-refractivity contribution < 1.29 is 23.9 Å². The molecule has 0 saturated heterocycles. The van der Waals surface area contributed by atoms with Crippen LogP contribution in [0.2, 0.25) is 0 Å². The first-order valence-electron chi connectivity index (χ1n) is 10.1. The Bertz CT molecular complexity index is 1160. The molecule has 0 atom stereocenters. The number of halogens is 1. The molecule has 1 N–H and O–H groups in total. The summed E-state index contributed by atoms with van der Waals surface area (Å²) < 4.78 is 13.2. The van der Waals surface area contributed by atoms with Gasteiger partial charge in [0.05, 0.1) is 11.1 Å². The van der Waals surface area contributed by atoms with Crippen LogP contribution in [0.1, 0.15) is 45.7 Å². The van der Waals surface area contributed by atoms with E-state index in [4.69, 9.17) is 4.84 Å². The van der Waals surface area contributed by atoms with Crippen LogP contribution in [-0.4, -0.2) is 45.0 Å². The van der Waals surface area contributed by atoms with Crippen LogP contribution >= 0.6 is 0 Å². The van der Waals surface area contributed by atoms with E-state index in [1.54, 1.807) is 24.3 Å². The Balaban J connectivity index is 1.79. The van der Waals surface area contributed by atoms with Crippen LogP contribution in [-0.2, 0) is 17.9 Å². The molecule has 0 spiro atoms. The molecule has 0 saturated carbocycles. The standard InChI is InChI=1S/C23H22FN3O4/c1-3-27(4-2)31-23(30)18-16-6-5-11-25-20(16)21(28)19-17(18)13-26(22(19)29)12-14-7-9-15(24)10-8-14/h5-11,28H,3-4,12-13H2,1-2H3. The minimum atomic E-state index is -0.602. The first-order valence-corrected chi connectivity index (χ1v) is 10.1. The van der Waals surface area contributed by atoms with Crippen molar-refractivity contribution in [1.29, 1.82) is 0 Å². The maximum absolute atomic E-state index is 13.2. The summed E-state index contributed by atoms with van der Waals surface area (Å²) >= 11 is 0.